The Morgan fingerprint density at radius 1 is 1.39 bits per heavy atom. The zero-order valence-electron chi connectivity index (χ0n) is 11.0. The molecule has 1 aliphatic rings. The van der Waals surface area contributed by atoms with Crippen molar-refractivity contribution in [1.29, 1.82) is 0 Å². The molecule has 98 valence electrons. The van der Waals surface area contributed by atoms with Crippen LogP contribution < -0.4 is 15.4 Å². The zero-order valence-corrected chi connectivity index (χ0v) is 11.0. The molecule has 1 heterocycles. The smallest absolute Gasteiger partial charge is 0.224 e. The number of amides is 1. The van der Waals surface area contributed by atoms with E-state index in [0.29, 0.717) is 19.1 Å². The van der Waals surface area contributed by atoms with Crippen molar-refractivity contribution in [2.45, 2.75) is 32.7 Å². The molecule has 4 nitrogen and oxygen atoms in total. The summed E-state index contributed by atoms with van der Waals surface area (Å²) in [5, 5.41) is 6.16. The summed E-state index contributed by atoms with van der Waals surface area (Å²) in [6, 6.07) is 6.31. The molecule has 1 aromatic rings. The van der Waals surface area contributed by atoms with Gasteiger partial charge in [0.2, 0.25) is 5.91 Å². The summed E-state index contributed by atoms with van der Waals surface area (Å²) in [6.45, 7) is 5.72. The first kappa shape index (κ1) is 12.9. The number of carbonyl (C=O) groups is 1. The van der Waals surface area contributed by atoms with Crippen LogP contribution in [-0.2, 0) is 11.2 Å². The van der Waals surface area contributed by atoms with Crippen molar-refractivity contribution in [3.63, 3.8) is 0 Å². The van der Waals surface area contributed by atoms with Crippen molar-refractivity contribution in [2.75, 3.05) is 18.5 Å². The molecule has 0 saturated heterocycles. The Balaban J connectivity index is 1.89. The lowest BCUT2D eigenvalue weighted by Crippen LogP contribution is -2.27. The molecule has 0 bridgehead atoms. The van der Waals surface area contributed by atoms with Gasteiger partial charge >= 0.3 is 0 Å². The van der Waals surface area contributed by atoms with Crippen molar-refractivity contribution in [3.05, 3.63) is 23.8 Å². The highest BCUT2D eigenvalue weighted by molar-refractivity contribution is 5.93. The Labute approximate surface area is 108 Å². The Kier molecular flexibility index (Phi) is 4.20. The molecule has 4 heteroatoms. The van der Waals surface area contributed by atoms with Crippen LogP contribution in [0.2, 0.25) is 0 Å². The number of benzene rings is 1. The summed E-state index contributed by atoms with van der Waals surface area (Å²) in [4.78, 5) is 11.2. The Bertz CT molecular complexity index is 430. The highest BCUT2D eigenvalue weighted by Gasteiger charge is 2.14. The van der Waals surface area contributed by atoms with E-state index in [1.807, 2.05) is 18.2 Å². The van der Waals surface area contributed by atoms with Crippen LogP contribution in [0.5, 0.6) is 5.75 Å². The fourth-order valence-corrected chi connectivity index (χ4v) is 1.97. The third kappa shape index (κ3) is 3.47. The molecule has 1 amide bonds. The maximum Gasteiger partial charge on any atom is 0.224 e. The molecular formula is C14H20N2O2. The van der Waals surface area contributed by atoms with E-state index in [0.717, 1.165) is 30.0 Å². The molecule has 0 atom stereocenters. The number of aryl methyl sites for hydroxylation is 1. The van der Waals surface area contributed by atoms with Gasteiger partial charge < -0.3 is 15.4 Å². The maximum absolute atomic E-state index is 11.2. The van der Waals surface area contributed by atoms with Crippen molar-refractivity contribution >= 4 is 11.6 Å². The van der Waals surface area contributed by atoms with Gasteiger partial charge in [0.1, 0.15) is 12.4 Å². The number of fused-ring (bicyclic) bond motifs is 1. The highest BCUT2D eigenvalue weighted by Crippen LogP contribution is 2.26. The van der Waals surface area contributed by atoms with E-state index in [1.165, 1.54) is 0 Å². The van der Waals surface area contributed by atoms with Crippen LogP contribution in [0, 0.1) is 0 Å². The van der Waals surface area contributed by atoms with Gasteiger partial charge in [0, 0.05) is 24.7 Å². The second-order valence-electron chi connectivity index (χ2n) is 4.82. The predicted octanol–water partition coefficient (Wildman–Crippen LogP) is 1.95. The van der Waals surface area contributed by atoms with Crippen LogP contribution in [0.1, 0.15) is 25.8 Å². The lowest BCUT2D eigenvalue weighted by atomic mass is 10.0. The van der Waals surface area contributed by atoms with Crippen LogP contribution >= 0.6 is 0 Å². The summed E-state index contributed by atoms with van der Waals surface area (Å²) in [6.07, 6.45) is 1.36. The van der Waals surface area contributed by atoms with E-state index < -0.39 is 0 Å². The van der Waals surface area contributed by atoms with Gasteiger partial charge in [0.15, 0.2) is 0 Å². The lowest BCUT2D eigenvalue weighted by molar-refractivity contribution is -0.116. The standard InChI is InChI=1S/C14H20N2O2/c1-10(2)15-7-8-18-12-4-5-13-11(9-12)3-6-14(17)16-13/h4-5,9-10,15H,3,6-8H2,1-2H3,(H,16,17). The molecule has 0 aromatic heterocycles. The largest absolute Gasteiger partial charge is 0.492 e. The van der Waals surface area contributed by atoms with Crippen molar-refractivity contribution in [3.8, 4) is 5.75 Å². The number of ether oxygens (including phenoxy) is 1. The maximum atomic E-state index is 11.2. The van der Waals surface area contributed by atoms with E-state index in [2.05, 4.69) is 24.5 Å². The van der Waals surface area contributed by atoms with Crippen molar-refractivity contribution in [2.24, 2.45) is 0 Å². The van der Waals surface area contributed by atoms with Crippen LogP contribution in [0.25, 0.3) is 0 Å². The second-order valence-corrected chi connectivity index (χ2v) is 4.82. The lowest BCUT2D eigenvalue weighted by Gasteiger charge is -2.18. The zero-order chi connectivity index (χ0) is 13.0. The molecule has 0 saturated carbocycles. The number of carbonyl (C=O) groups excluding carboxylic acids is 1. The number of anilines is 1. The number of rotatable bonds is 5. The predicted molar refractivity (Wildman–Crippen MR) is 72.0 cm³/mol. The van der Waals surface area contributed by atoms with Crippen LogP contribution in [0.15, 0.2) is 18.2 Å². The normalized spacial score (nSPS) is 14.3. The summed E-state index contributed by atoms with van der Waals surface area (Å²) in [5.74, 6) is 0.966. The molecule has 1 aliphatic heterocycles. The van der Waals surface area contributed by atoms with Gasteiger partial charge in [-0.1, -0.05) is 13.8 Å². The van der Waals surface area contributed by atoms with Gasteiger partial charge in [0.05, 0.1) is 0 Å². The minimum absolute atomic E-state index is 0.0947. The number of hydrogen-bond acceptors (Lipinski definition) is 3. The molecule has 0 aliphatic carbocycles. The quantitative estimate of drug-likeness (QED) is 0.783. The Morgan fingerprint density at radius 3 is 3.00 bits per heavy atom. The van der Waals surface area contributed by atoms with E-state index >= 15 is 0 Å². The van der Waals surface area contributed by atoms with Gasteiger partial charge in [0.25, 0.3) is 0 Å². The highest BCUT2D eigenvalue weighted by atomic mass is 16.5. The molecule has 2 N–H and O–H groups in total. The van der Waals surface area contributed by atoms with Gasteiger partial charge in [-0.3, -0.25) is 4.79 Å². The summed E-state index contributed by atoms with van der Waals surface area (Å²) >= 11 is 0. The molecule has 1 aromatic carbocycles. The molecule has 2 rings (SSSR count). The summed E-state index contributed by atoms with van der Waals surface area (Å²) in [7, 11) is 0. The first-order chi connectivity index (χ1) is 8.65. The van der Waals surface area contributed by atoms with E-state index in [-0.39, 0.29) is 5.91 Å². The minimum Gasteiger partial charge on any atom is -0.492 e. The average molecular weight is 248 g/mol. The third-order valence-corrected chi connectivity index (χ3v) is 2.90. The number of nitrogens with one attached hydrogen (secondary N) is 2. The van der Waals surface area contributed by atoms with Gasteiger partial charge in [-0.15, -0.1) is 0 Å². The first-order valence-corrected chi connectivity index (χ1v) is 6.44. The van der Waals surface area contributed by atoms with E-state index in [1.54, 1.807) is 0 Å². The third-order valence-electron chi connectivity index (χ3n) is 2.90. The fraction of sp³-hybridized carbons (Fsp3) is 0.500. The molecule has 0 unspecified atom stereocenters. The molecule has 18 heavy (non-hydrogen) atoms. The average Bonchev–Trinajstić information content (AvgIpc) is 2.34. The molecule has 0 spiro atoms. The van der Waals surface area contributed by atoms with Crippen LogP contribution in [0.4, 0.5) is 5.69 Å². The van der Waals surface area contributed by atoms with Crippen LogP contribution in [0.3, 0.4) is 0 Å². The van der Waals surface area contributed by atoms with Gasteiger partial charge in [-0.2, -0.15) is 0 Å². The summed E-state index contributed by atoms with van der Waals surface area (Å²) in [5.41, 5.74) is 2.07. The monoisotopic (exact) mass is 248 g/mol. The topological polar surface area (TPSA) is 50.4 Å². The molecule has 0 radical (unpaired) electrons. The van der Waals surface area contributed by atoms with Crippen LogP contribution in [-0.4, -0.2) is 25.1 Å². The van der Waals surface area contributed by atoms with E-state index in [4.69, 9.17) is 4.74 Å². The molecule has 0 fully saturated rings. The SMILES string of the molecule is CC(C)NCCOc1ccc2c(c1)CCC(=O)N2. The van der Waals surface area contributed by atoms with Crippen molar-refractivity contribution in [1.82, 2.24) is 5.32 Å². The minimum atomic E-state index is 0.0947. The molecular weight excluding hydrogens is 228 g/mol. The first-order valence-electron chi connectivity index (χ1n) is 6.44. The number of hydrogen-bond donors (Lipinski definition) is 2. The van der Waals surface area contributed by atoms with Gasteiger partial charge in [-0.25, -0.2) is 0 Å². The van der Waals surface area contributed by atoms with Gasteiger partial charge in [-0.05, 0) is 30.2 Å². The fourth-order valence-electron chi connectivity index (χ4n) is 1.97. The van der Waals surface area contributed by atoms with Crippen molar-refractivity contribution < 1.29 is 9.53 Å². The Hall–Kier alpha value is -1.55. The second kappa shape index (κ2) is 5.87. The summed E-state index contributed by atoms with van der Waals surface area (Å²) < 4.78 is 5.67. The van der Waals surface area contributed by atoms with E-state index in [9.17, 15) is 4.79 Å². The Morgan fingerprint density at radius 2 is 2.22 bits per heavy atom.